The Kier molecular flexibility index (Phi) is 4.91. The van der Waals surface area contributed by atoms with Gasteiger partial charge in [0.2, 0.25) is 0 Å². The maximum Gasteiger partial charge on any atom is 0.118 e. The van der Waals surface area contributed by atoms with Crippen LogP contribution in [-0.4, -0.2) is 18.6 Å². The Morgan fingerprint density at radius 3 is 2.77 bits per heavy atom. The molecule has 0 bridgehead atoms. The summed E-state index contributed by atoms with van der Waals surface area (Å²) >= 11 is 1.74. The Hall–Kier alpha value is -2.07. The highest BCUT2D eigenvalue weighted by Crippen LogP contribution is 2.28. The number of thiazole rings is 1. The van der Waals surface area contributed by atoms with E-state index in [4.69, 9.17) is 9.72 Å². The molecule has 1 aliphatic heterocycles. The zero-order valence-corrected chi connectivity index (χ0v) is 13.5. The van der Waals surface area contributed by atoms with Crippen molar-refractivity contribution in [1.29, 1.82) is 0 Å². The molecule has 1 N–H and O–H groups in total. The second-order valence-corrected chi connectivity index (χ2v) is 6.23. The molecule has 0 unspecified atom stereocenters. The number of hydrogen-bond acceptors (Lipinski definition) is 4. The van der Waals surface area contributed by atoms with Crippen molar-refractivity contribution in [2.45, 2.75) is 19.3 Å². The van der Waals surface area contributed by atoms with Gasteiger partial charge in [0.05, 0.1) is 12.8 Å². The lowest BCUT2D eigenvalue weighted by molar-refractivity contribution is 0.415. The standard InChI is InChI=1S/C18H20N2OS/c1-21-15-11-9-14(10-12-15)6-2-3-8-17-20-16-7-4-5-13-19-18(16)22-17/h2-3,6,8-12,19H,4-5,7,13H2,1H3. The molecule has 3 rings (SSSR count). The molecule has 0 saturated heterocycles. The summed E-state index contributed by atoms with van der Waals surface area (Å²) in [6, 6.07) is 8.01. The molecule has 1 aliphatic rings. The summed E-state index contributed by atoms with van der Waals surface area (Å²) in [4.78, 5) is 4.70. The van der Waals surface area contributed by atoms with Gasteiger partial charge in [-0.1, -0.05) is 41.7 Å². The first-order valence-electron chi connectivity index (χ1n) is 7.57. The van der Waals surface area contributed by atoms with Crippen molar-refractivity contribution in [3.8, 4) is 5.75 Å². The molecule has 0 radical (unpaired) electrons. The third-order valence-corrected chi connectivity index (χ3v) is 4.61. The lowest BCUT2D eigenvalue weighted by Crippen LogP contribution is -1.96. The average molecular weight is 312 g/mol. The first kappa shape index (κ1) is 14.9. The number of nitrogens with zero attached hydrogens (tertiary/aromatic N) is 1. The predicted octanol–water partition coefficient (Wildman–Crippen LogP) is 4.63. The molecule has 22 heavy (non-hydrogen) atoms. The van der Waals surface area contributed by atoms with Crippen LogP contribution in [0.2, 0.25) is 0 Å². The van der Waals surface area contributed by atoms with Crippen LogP contribution in [0.5, 0.6) is 5.75 Å². The van der Waals surface area contributed by atoms with Gasteiger partial charge >= 0.3 is 0 Å². The second kappa shape index (κ2) is 7.27. The van der Waals surface area contributed by atoms with Gasteiger partial charge in [0.1, 0.15) is 15.8 Å². The summed E-state index contributed by atoms with van der Waals surface area (Å²) < 4.78 is 5.15. The van der Waals surface area contributed by atoms with Crippen molar-refractivity contribution in [3.05, 3.63) is 52.7 Å². The minimum atomic E-state index is 0.879. The van der Waals surface area contributed by atoms with Crippen LogP contribution in [0.1, 0.15) is 29.1 Å². The van der Waals surface area contributed by atoms with Crippen LogP contribution in [0.15, 0.2) is 36.4 Å². The summed E-state index contributed by atoms with van der Waals surface area (Å²) in [5.41, 5.74) is 2.38. The summed E-state index contributed by atoms with van der Waals surface area (Å²) in [6.07, 6.45) is 11.8. The normalized spacial score (nSPS) is 14.8. The van der Waals surface area contributed by atoms with Crippen molar-refractivity contribution in [2.75, 3.05) is 19.0 Å². The smallest absolute Gasteiger partial charge is 0.118 e. The van der Waals surface area contributed by atoms with Gasteiger partial charge in [0, 0.05) is 6.54 Å². The van der Waals surface area contributed by atoms with Crippen LogP contribution >= 0.6 is 11.3 Å². The van der Waals surface area contributed by atoms with Gasteiger partial charge in [-0.25, -0.2) is 4.98 Å². The number of benzene rings is 1. The van der Waals surface area contributed by atoms with E-state index in [2.05, 4.69) is 17.5 Å². The first-order valence-corrected chi connectivity index (χ1v) is 8.39. The fraction of sp³-hybridized carbons (Fsp3) is 0.278. The number of aromatic nitrogens is 1. The molecule has 0 saturated carbocycles. The number of fused-ring (bicyclic) bond motifs is 1. The zero-order chi connectivity index (χ0) is 15.2. The molecule has 1 aromatic carbocycles. The molecule has 2 aromatic rings. The zero-order valence-electron chi connectivity index (χ0n) is 12.7. The molecule has 4 heteroatoms. The largest absolute Gasteiger partial charge is 0.497 e. The SMILES string of the molecule is COc1ccc(C=CC=Cc2nc3c(s2)NCCCC3)cc1. The fourth-order valence-corrected chi connectivity index (χ4v) is 3.34. The summed E-state index contributed by atoms with van der Waals surface area (Å²) in [5, 5.41) is 5.78. The van der Waals surface area contributed by atoms with Gasteiger partial charge in [-0.15, -0.1) is 0 Å². The number of rotatable bonds is 4. The highest BCUT2D eigenvalue weighted by Gasteiger charge is 2.11. The van der Waals surface area contributed by atoms with E-state index in [0.29, 0.717) is 0 Å². The summed E-state index contributed by atoms with van der Waals surface area (Å²) in [6.45, 7) is 1.07. The topological polar surface area (TPSA) is 34.1 Å². The monoisotopic (exact) mass is 312 g/mol. The lowest BCUT2D eigenvalue weighted by atomic mass is 10.2. The lowest BCUT2D eigenvalue weighted by Gasteiger charge is -1.98. The number of aryl methyl sites for hydroxylation is 1. The molecule has 114 valence electrons. The molecule has 2 heterocycles. The van der Waals surface area contributed by atoms with Gasteiger partial charge in [-0.05, 0) is 43.0 Å². The van der Waals surface area contributed by atoms with E-state index in [-0.39, 0.29) is 0 Å². The molecule has 0 aliphatic carbocycles. The van der Waals surface area contributed by atoms with E-state index in [0.717, 1.165) is 29.3 Å². The fourth-order valence-electron chi connectivity index (χ4n) is 2.39. The van der Waals surface area contributed by atoms with Gasteiger partial charge in [-0.2, -0.15) is 0 Å². The third kappa shape index (κ3) is 3.77. The third-order valence-electron chi connectivity index (χ3n) is 3.59. The van der Waals surface area contributed by atoms with E-state index in [1.165, 1.54) is 23.5 Å². The first-order chi connectivity index (χ1) is 10.8. The Morgan fingerprint density at radius 2 is 1.95 bits per heavy atom. The van der Waals surface area contributed by atoms with Gasteiger partial charge in [0.25, 0.3) is 0 Å². The van der Waals surface area contributed by atoms with E-state index < -0.39 is 0 Å². The minimum absolute atomic E-state index is 0.879. The van der Waals surface area contributed by atoms with Crippen molar-refractivity contribution in [1.82, 2.24) is 4.98 Å². The van der Waals surface area contributed by atoms with Crippen molar-refractivity contribution in [3.63, 3.8) is 0 Å². The van der Waals surface area contributed by atoms with Crippen LogP contribution in [0.25, 0.3) is 12.2 Å². The van der Waals surface area contributed by atoms with Crippen LogP contribution in [0.4, 0.5) is 5.00 Å². The molecule has 3 nitrogen and oxygen atoms in total. The summed E-state index contributed by atoms with van der Waals surface area (Å²) in [5.74, 6) is 0.879. The quantitative estimate of drug-likeness (QED) is 0.836. The Morgan fingerprint density at radius 1 is 1.14 bits per heavy atom. The predicted molar refractivity (Wildman–Crippen MR) is 94.6 cm³/mol. The Balaban J connectivity index is 1.62. The van der Waals surface area contributed by atoms with Crippen LogP contribution in [0.3, 0.4) is 0 Å². The van der Waals surface area contributed by atoms with E-state index >= 15 is 0 Å². The van der Waals surface area contributed by atoms with Gasteiger partial charge in [-0.3, -0.25) is 0 Å². The van der Waals surface area contributed by atoms with Crippen molar-refractivity contribution < 1.29 is 4.74 Å². The van der Waals surface area contributed by atoms with Crippen LogP contribution in [0, 0.1) is 0 Å². The number of ether oxygens (including phenoxy) is 1. The average Bonchev–Trinajstić information content (AvgIpc) is 2.81. The minimum Gasteiger partial charge on any atom is -0.497 e. The van der Waals surface area contributed by atoms with Crippen LogP contribution in [-0.2, 0) is 6.42 Å². The van der Waals surface area contributed by atoms with E-state index in [9.17, 15) is 0 Å². The molecule has 0 amide bonds. The maximum atomic E-state index is 5.15. The molecular weight excluding hydrogens is 292 g/mol. The molecule has 0 fully saturated rings. The second-order valence-electron chi connectivity index (χ2n) is 5.20. The maximum absolute atomic E-state index is 5.15. The molecule has 1 aromatic heterocycles. The highest BCUT2D eigenvalue weighted by molar-refractivity contribution is 7.16. The Bertz CT molecular complexity index is 647. The molecular formula is C18H20N2OS. The number of nitrogens with one attached hydrogen (secondary N) is 1. The Labute approximate surface area is 135 Å². The molecule has 0 atom stereocenters. The van der Waals surface area contributed by atoms with Crippen LogP contribution < -0.4 is 10.1 Å². The highest BCUT2D eigenvalue weighted by atomic mass is 32.1. The van der Waals surface area contributed by atoms with E-state index in [1.54, 1.807) is 18.4 Å². The van der Waals surface area contributed by atoms with Crippen molar-refractivity contribution >= 4 is 28.5 Å². The summed E-state index contributed by atoms with van der Waals surface area (Å²) in [7, 11) is 1.68. The number of anilines is 1. The molecule has 0 spiro atoms. The van der Waals surface area contributed by atoms with E-state index in [1.807, 2.05) is 36.4 Å². The number of hydrogen-bond donors (Lipinski definition) is 1. The van der Waals surface area contributed by atoms with Gasteiger partial charge in [0.15, 0.2) is 0 Å². The van der Waals surface area contributed by atoms with Crippen molar-refractivity contribution in [2.24, 2.45) is 0 Å². The number of methoxy groups -OCH3 is 1. The number of allylic oxidation sites excluding steroid dienone is 2. The van der Waals surface area contributed by atoms with Gasteiger partial charge < -0.3 is 10.1 Å².